The number of fused-ring (bicyclic) bond motifs is 1. The highest BCUT2D eigenvalue weighted by atomic mass is 19.2. The van der Waals surface area contributed by atoms with Gasteiger partial charge in [-0.3, -0.25) is 9.20 Å². The first-order chi connectivity index (χ1) is 18.0. The van der Waals surface area contributed by atoms with Gasteiger partial charge in [0.15, 0.2) is 23.0 Å². The minimum atomic E-state index is -1.06. The van der Waals surface area contributed by atoms with E-state index >= 15 is 0 Å². The van der Waals surface area contributed by atoms with Gasteiger partial charge in [-0.2, -0.15) is 4.39 Å². The number of imidazole rings is 1. The number of hydrogen-bond acceptors (Lipinski definition) is 7. The van der Waals surface area contributed by atoms with Crippen LogP contribution in [0.15, 0.2) is 48.9 Å². The van der Waals surface area contributed by atoms with E-state index in [2.05, 4.69) is 25.9 Å². The quantitative estimate of drug-likeness (QED) is 0.229. The van der Waals surface area contributed by atoms with Crippen LogP contribution < -0.4 is 26.4 Å². The fourth-order valence-electron chi connectivity index (χ4n) is 4.00. The standard InChI is InChI=1S/C26H29F2N7O2/c1-3-16-14-17(4-5-18(16)26(36)32-11-10-30-9-8-29)34-24-25-33-15-20(35(25)13-12-31-24)19-6-7-21(37-2)23(28)22(19)27/h4-7,12-15,30H,3,8-11,29H2,1-2H3,(H,31,34)(H,32,36). The van der Waals surface area contributed by atoms with Crippen LogP contribution in [0.4, 0.5) is 20.3 Å². The third kappa shape index (κ3) is 5.52. The van der Waals surface area contributed by atoms with Crippen molar-refractivity contribution in [2.24, 2.45) is 5.73 Å². The van der Waals surface area contributed by atoms with E-state index in [4.69, 9.17) is 10.5 Å². The number of rotatable bonds is 11. The Morgan fingerprint density at radius 1 is 1.11 bits per heavy atom. The molecule has 0 bridgehead atoms. The van der Waals surface area contributed by atoms with E-state index in [1.807, 2.05) is 13.0 Å². The molecule has 0 aliphatic carbocycles. The fraction of sp³-hybridized carbons (Fsp3) is 0.269. The maximum absolute atomic E-state index is 14.7. The fourth-order valence-corrected chi connectivity index (χ4v) is 4.00. The Kier molecular flexibility index (Phi) is 8.26. The van der Waals surface area contributed by atoms with Crippen molar-refractivity contribution in [2.45, 2.75) is 13.3 Å². The Labute approximate surface area is 213 Å². The number of nitrogens with zero attached hydrogens (tertiary/aromatic N) is 3. The lowest BCUT2D eigenvalue weighted by molar-refractivity contribution is 0.0953. The minimum Gasteiger partial charge on any atom is -0.494 e. The molecule has 4 rings (SSSR count). The molecule has 5 N–H and O–H groups in total. The average Bonchev–Trinajstić information content (AvgIpc) is 3.35. The van der Waals surface area contributed by atoms with Gasteiger partial charge in [-0.05, 0) is 42.3 Å². The number of nitrogens with one attached hydrogen (secondary N) is 3. The Hall–Kier alpha value is -4.09. The molecule has 2 heterocycles. The van der Waals surface area contributed by atoms with E-state index < -0.39 is 11.6 Å². The summed E-state index contributed by atoms with van der Waals surface area (Å²) in [5.41, 5.74) is 8.46. The summed E-state index contributed by atoms with van der Waals surface area (Å²) >= 11 is 0. The predicted octanol–water partition coefficient (Wildman–Crippen LogP) is 3.27. The number of aromatic nitrogens is 3. The maximum Gasteiger partial charge on any atom is 0.251 e. The molecule has 37 heavy (non-hydrogen) atoms. The molecule has 0 spiro atoms. The van der Waals surface area contributed by atoms with Crippen LogP contribution in [0, 0.1) is 11.6 Å². The molecule has 0 saturated heterocycles. The molecule has 1 amide bonds. The van der Waals surface area contributed by atoms with Gasteiger partial charge in [-0.15, -0.1) is 0 Å². The smallest absolute Gasteiger partial charge is 0.251 e. The Morgan fingerprint density at radius 2 is 1.95 bits per heavy atom. The van der Waals surface area contributed by atoms with Crippen molar-refractivity contribution in [3.8, 4) is 17.0 Å². The van der Waals surface area contributed by atoms with Crippen LogP contribution >= 0.6 is 0 Å². The molecule has 0 fully saturated rings. The highest BCUT2D eigenvalue weighted by Gasteiger charge is 2.19. The van der Waals surface area contributed by atoms with E-state index in [9.17, 15) is 13.6 Å². The third-order valence-corrected chi connectivity index (χ3v) is 5.87. The van der Waals surface area contributed by atoms with Gasteiger partial charge in [0.05, 0.1) is 19.0 Å². The molecule has 0 unspecified atom stereocenters. The van der Waals surface area contributed by atoms with Crippen LogP contribution in [0.2, 0.25) is 0 Å². The summed E-state index contributed by atoms with van der Waals surface area (Å²) in [6.07, 6.45) is 5.27. The number of anilines is 2. The van der Waals surface area contributed by atoms with E-state index in [0.717, 1.165) is 5.56 Å². The van der Waals surface area contributed by atoms with Crippen LogP contribution in [0.25, 0.3) is 16.9 Å². The molecule has 11 heteroatoms. The van der Waals surface area contributed by atoms with Crippen LogP contribution in [0.3, 0.4) is 0 Å². The van der Waals surface area contributed by atoms with Crippen molar-refractivity contribution < 1.29 is 18.3 Å². The number of methoxy groups -OCH3 is 1. The van der Waals surface area contributed by atoms with Gasteiger partial charge in [0.2, 0.25) is 5.82 Å². The topological polar surface area (TPSA) is 119 Å². The van der Waals surface area contributed by atoms with E-state index in [1.165, 1.54) is 25.4 Å². The number of amides is 1. The summed E-state index contributed by atoms with van der Waals surface area (Å²) in [6.45, 7) is 4.35. The zero-order chi connectivity index (χ0) is 26.4. The van der Waals surface area contributed by atoms with Crippen molar-refractivity contribution >= 4 is 23.1 Å². The van der Waals surface area contributed by atoms with Crippen molar-refractivity contribution in [1.82, 2.24) is 25.0 Å². The lowest BCUT2D eigenvalue weighted by Gasteiger charge is -2.13. The summed E-state index contributed by atoms with van der Waals surface area (Å²) < 4.78 is 35.5. The zero-order valence-electron chi connectivity index (χ0n) is 20.6. The number of benzene rings is 2. The first-order valence-electron chi connectivity index (χ1n) is 11.9. The molecule has 0 radical (unpaired) electrons. The number of aryl methyl sites for hydroxylation is 1. The molecular formula is C26H29F2N7O2. The lowest BCUT2D eigenvalue weighted by atomic mass is 10.0. The predicted molar refractivity (Wildman–Crippen MR) is 138 cm³/mol. The minimum absolute atomic E-state index is 0.0461. The van der Waals surface area contributed by atoms with Crippen LogP contribution in [-0.4, -0.2) is 53.6 Å². The van der Waals surface area contributed by atoms with Gasteiger partial charge in [-0.1, -0.05) is 6.92 Å². The normalized spacial score (nSPS) is 11.1. The van der Waals surface area contributed by atoms with Gasteiger partial charge < -0.3 is 26.4 Å². The van der Waals surface area contributed by atoms with Gasteiger partial charge in [-0.25, -0.2) is 14.4 Å². The highest BCUT2D eigenvalue weighted by Crippen LogP contribution is 2.31. The third-order valence-electron chi connectivity index (χ3n) is 5.87. The summed E-state index contributed by atoms with van der Waals surface area (Å²) in [5.74, 6) is -1.99. The van der Waals surface area contributed by atoms with E-state index in [-0.39, 0.29) is 17.2 Å². The number of ether oxygens (including phenoxy) is 1. The second kappa shape index (κ2) is 11.8. The molecule has 194 valence electrons. The first kappa shape index (κ1) is 26.0. The Balaban J connectivity index is 1.57. The van der Waals surface area contributed by atoms with Crippen molar-refractivity contribution in [2.75, 3.05) is 38.6 Å². The number of carbonyl (C=O) groups is 1. The van der Waals surface area contributed by atoms with Crippen LogP contribution in [0.5, 0.6) is 5.75 Å². The lowest BCUT2D eigenvalue weighted by Crippen LogP contribution is -2.34. The number of halogens is 2. The Morgan fingerprint density at radius 3 is 2.70 bits per heavy atom. The molecule has 2 aromatic heterocycles. The largest absolute Gasteiger partial charge is 0.494 e. The molecule has 9 nitrogen and oxygen atoms in total. The molecule has 0 saturated carbocycles. The summed E-state index contributed by atoms with van der Waals surface area (Å²) in [5, 5.41) is 9.27. The van der Waals surface area contributed by atoms with Gasteiger partial charge >= 0.3 is 0 Å². The van der Waals surface area contributed by atoms with Crippen LogP contribution in [0.1, 0.15) is 22.8 Å². The van der Waals surface area contributed by atoms with Gasteiger partial charge in [0.1, 0.15) is 0 Å². The van der Waals surface area contributed by atoms with Crippen LogP contribution in [-0.2, 0) is 6.42 Å². The molecule has 0 aliphatic rings. The van der Waals surface area contributed by atoms with Gasteiger partial charge in [0, 0.05) is 55.4 Å². The number of hydrogen-bond donors (Lipinski definition) is 4. The molecule has 2 aromatic carbocycles. The number of carbonyl (C=O) groups excluding carboxylic acids is 1. The average molecular weight is 510 g/mol. The number of nitrogens with two attached hydrogens (primary N) is 1. The Bertz CT molecular complexity index is 1410. The molecular weight excluding hydrogens is 480 g/mol. The SMILES string of the molecule is CCc1cc(Nc2nccn3c(-c4ccc(OC)c(F)c4F)cnc23)ccc1C(=O)NCCNCCN. The second-order valence-corrected chi connectivity index (χ2v) is 8.20. The highest BCUT2D eigenvalue weighted by molar-refractivity contribution is 5.96. The summed E-state index contributed by atoms with van der Waals surface area (Å²) in [6, 6.07) is 8.24. The second-order valence-electron chi connectivity index (χ2n) is 8.20. The summed E-state index contributed by atoms with van der Waals surface area (Å²) in [7, 11) is 1.28. The monoisotopic (exact) mass is 509 g/mol. The van der Waals surface area contributed by atoms with Crippen molar-refractivity contribution in [3.05, 3.63) is 71.7 Å². The van der Waals surface area contributed by atoms with Gasteiger partial charge in [0.25, 0.3) is 5.91 Å². The molecule has 4 aromatic rings. The van der Waals surface area contributed by atoms with E-state index in [1.54, 1.807) is 28.9 Å². The van der Waals surface area contributed by atoms with Crippen molar-refractivity contribution in [1.29, 1.82) is 0 Å². The van der Waals surface area contributed by atoms with E-state index in [0.29, 0.717) is 61.0 Å². The molecule has 0 atom stereocenters. The maximum atomic E-state index is 14.7. The van der Waals surface area contributed by atoms with Crippen molar-refractivity contribution in [3.63, 3.8) is 0 Å². The molecule has 0 aliphatic heterocycles. The summed E-state index contributed by atoms with van der Waals surface area (Å²) in [4.78, 5) is 21.4. The first-order valence-corrected chi connectivity index (χ1v) is 11.9. The zero-order valence-corrected chi connectivity index (χ0v) is 20.6.